The van der Waals surface area contributed by atoms with Crippen LogP contribution in [0.5, 0.6) is 0 Å². The van der Waals surface area contributed by atoms with E-state index in [1.807, 2.05) is 18.2 Å². The zero-order chi connectivity index (χ0) is 40.3. The third-order valence-electron chi connectivity index (χ3n) is 8.29. The van der Waals surface area contributed by atoms with E-state index >= 15 is 0 Å². The molecule has 0 radical (unpaired) electrons. The molecule has 0 aliphatic carbocycles. The first kappa shape index (κ1) is 52.2. The summed E-state index contributed by atoms with van der Waals surface area (Å²) in [6.45, 7) is 3.47. The number of allylic oxidation sites excluding steroid dienone is 14. The van der Waals surface area contributed by atoms with Crippen LogP contribution in [0.25, 0.3) is 0 Å². The lowest BCUT2D eigenvalue weighted by atomic mass is 10.1. The molecule has 0 aromatic carbocycles. The van der Waals surface area contributed by atoms with Crippen LogP contribution >= 0.6 is 7.82 Å². The molecule has 0 aliphatic rings. The number of nitrogens with two attached hydrogens (primary N) is 1. The van der Waals surface area contributed by atoms with Crippen LogP contribution in [-0.2, 0) is 32.7 Å². The molecule has 9 nitrogen and oxygen atoms in total. The van der Waals surface area contributed by atoms with Crippen molar-refractivity contribution in [2.45, 2.75) is 161 Å². The first-order valence-electron chi connectivity index (χ1n) is 21.1. The molecule has 0 saturated heterocycles. The molecule has 0 rings (SSSR count). The first-order valence-corrected chi connectivity index (χ1v) is 22.6. The average Bonchev–Trinajstić information content (AvgIpc) is 3.17. The van der Waals surface area contributed by atoms with E-state index in [0.29, 0.717) is 12.8 Å². The highest BCUT2D eigenvalue weighted by Gasteiger charge is 2.25. The minimum Gasteiger partial charge on any atom is -0.462 e. The molecule has 3 N–H and O–H groups in total. The number of carbonyl (C=O) groups excluding carboxylic acids is 2. The van der Waals surface area contributed by atoms with Gasteiger partial charge in [-0.05, 0) is 64.2 Å². The normalized spacial score (nSPS) is 14.2. The second-order valence-corrected chi connectivity index (χ2v) is 14.9. The van der Waals surface area contributed by atoms with Crippen molar-refractivity contribution in [1.82, 2.24) is 0 Å². The summed E-state index contributed by atoms with van der Waals surface area (Å²) in [6.07, 6.45) is 50.7. The van der Waals surface area contributed by atoms with Crippen molar-refractivity contribution in [3.05, 3.63) is 85.1 Å². The topological polar surface area (TPSA) is 134 Å². The minimum atomic E-state index is -4.40. The molecular weight excluding hydrogens is 713 g/mol. The van der Waals surface area contributed by atoms with Crippen molar-refractivity contribution in [1.29, 1.82) is 0 Å². The van der Waals surface area contributed by atoms with Gasteiger partial charge in [-0.1, -0.05) is 163 Å². The molecule has 0 saturated carbocycles. The van der Waals surface area contributed by atoms with E-state index in [1.54, 1.807) is 0 Å². The zero-order valence-electron chi connectivity index (χ0n) is 34.4. The van der Waals surface area contributed by atoms with Crippen LogP contribution in [0.3, 0.4) is 0 Å². The Morgan fingerprint density at radius 2 is 1.00 bits per heavy atom. The fraction of sp³-hybridized carbons (Fsp3) is 0.644. The molecule has 0 bridgehead atoms. The van der Waals surface area contributed by atoms with Gasteiger partial charge in [-0.3, -0.25) is 18.6 Å². The van der Waals surface area contributed by atoms with Crippen molar-refractivity contribution in [2.24, 2.45) is 5.73 Å². The highest BCUT2D eigenvalue weighted by atomic mass is 31.2. The lowest BCUT2D eigenvalue weighted by Crippen LogP contribution is -2.29. The molecule has 0 aliphatic heterocycles. The predicted octanol–water partition coefficient (Wildman–Crippen LogP) is 12.0. The van der Waals surface area contributed by atoms with Gasteiger partial charge in [-0.15, -0.1) is 0 Å². The summed E-state index contributed by atoms with van der Waals surface area (Å²) in [7, 11) is -4.40. The Kier molecular flexibility index (Phi) is 38.8. The van der Waals surface area contributed by atoms with Crippen LogP contribution in [0.15, 0.2) is 85.1 Å². The van der Waals surface area contributed by atoms with Gasteiger partial charge in [-0.2, -0.15) is 0 Å². The Morgan fingerprint density at radius 3 is 1.51 bits per heavy atom. The van der Waals surface area contributed by atoms with Crippen LogP contribution < -0.4 is 5.73 Å². The fourth-order valence-corrected chi connectivity index (χ4v) is 5.97. The summed E-state index contributed by atoms with van der Waals surface area (Å²) < 4.78 is 32.6. The smallest absolute Gasteiger partial charge is 0.462 e. The number of carbonyl (C=O) groups is 2. The Labute approximate surface area is 334 Å². The lowest BCUT2D eigenvalue weighted by Gasteiger charge is -2.19. The number of esters is 2. The van der Waals surface area contributed by atoms with Crippen molar-refractivity contribution >= 4 is 19.8 Å². The molecule has 0 aromatic rings. The molecule has 0 aromatic heterocycles. The standard InChI is InChI=1S/C45H76NO8P/c1-3-5-7-9-11-13-15-17-19-20-21-22-24-25-27-29-31-33-35-37-44(47)51-41-43(42-53-55(49,50)52-40-39-46)54-45(48)38-36-34-32-30-28-26-23-18-16-14-12-10-8-6-4-2/h5,7,11,13,17,19,21-22,25,27,31-34,43H,3-4,6,8-10,12,14-16,18,20,23-24,26,28-30,35-42,46H2,1-2H3,(H,49,50)/b7-5+,13-11+,19-17+,22-21+,27-25+,33-31+,34-32+/t43-/m1/s1. The van der Waals surface area contributed by atoms with Gasteiger partial charge in [0.2, 0.25) is 0 Å². The van der Waals surface area contributed by atoms with Crippen molar-refractivity contribution < 1.29 is 37.6 Å². The average molecular weight is 790 g/mol. The van der Waals surface area contributed by atoms with Gasteiger partial charge >= 0.3 is 19.8 Å². The number of hydrogen-bond donors (Lipinski definition) is 2. The number of ether oxygens (including phenoxy) is 2. The maximum absolute atomic E-state index is 12.5. The molecule has 0 heterocycles. The first-order chi connectivity index (χ1) is 26.8. The van der Waals surface area contributed by atoms with Gasteiger partial charge < -0.3 is 20.1 Å². The van der Waals surface area contributed by atoms with Gasteiger partial charge in [0.1, 0.15) is 6.61 Å². The van der Waals surface area contributed by atoms with E-state index in [-0.39, 0.29) is 32.6 Å². The van der Waals surface area contributed by atoms with Gasteiger partial charge in [0.05, 0.1) is 13.2 Å². The summed E-state index contributed by atoms with van der Waals surface area (Å²) in [6, 6.07) is 0. The van der Waals surface area contributed by atoms with Crippen LogP contribution in [0.2, 0.25) is 0 Å². The molecule has 10 heteroatoms. The van der Waals surface area contributed by atoms with Gasteiger partial charge in [0.15, 0.2) is 6.10 Å². The predicted molar refractivity (Wildman–Crippen MR) is 229 cm³/mol. The monoisotopic (exact) mass is 790 g/mol. The molecule has 2 atom stereocenters. The van der Waals surface area contributed by atoms with E-state index in [1.165, 1.54) is 64.2 Å². The number of hydrogen-bond acceptors (Lipinski definition) is 8. The molecule has 0 fully saturated rings. The van der Waals surface area contributed by atoms with E-state index in [9.17, 15) is 19.0 Å². The van der Waals surface area contributed by atoms with Crippen LogP contribution in [0.1, 0.15) is 155 Å². The Hall–Kier alpha value is -2.81. The van der Waals surface area contributed by atoms with Crippen LogP contribution in [0, 0.1) is 0 Å². The number of rotatable bonds is 38. The Bertz CT molecular complexity index is 1170. The second-order valence-electron chi connectivity index (χ2n) is 13.5. The summed E-state index contributed by atoms with van der Waals surface area (Å²) in [5, 5.41) is 0. The second kappa shape index (κ2) is 40.8. The zero-order valence-corrected chi connectivity index (χ0v) is 35.3. The highest BCUT2D eigenvalue weighted by Crippen LogP contribution is 2.43. The summed E-state index contributed by atoms with van der Waals surface area (Å²) >= 11 is 0. The van der Waals surface area contributed by atoms with E-state index in [0.717, 1.165) is 51.4 Å². The maximum atomic E-state index is 12.5. The number of unbranched alkanes of at least 4 members (excludes halogenated alkanes) is 11. The lowest BCUT2D eigenvalue weighted by molar-refractivity contribution is -0.161. The van der Waals surface area contributed by atoms with Gasteiger partial charge in [0.25, 0.3) is 0 Å². The third-order valence-corrected chi connectivity index (χ3v) is 9.28. The largest absolute Gasteiger partial charge is 0.472 e. The number of phosphoric ester groups is 1. The van der Waals surface area contributed by atoms with Gasteiger partial charge in [0, 0.05) is 19.4 Å². The summed E-state index contributed by atoms with van der Waals surface area (Å²) in [5.74, 6) is -0.991. The molecular formula is C45H76NO8P. The molecule has 0 spiro atoms. The number of phosphoric acid groups is 1. The fourth-order valence-electron chi connectivity index (χ4n) is 5.21. The third kappa shape index (κ3) is 40.7. The van der Waals surface area contributed by atoms with Gasteiger partial charge in [-0.25, -0.2) is 4.57 Å². The van der Waals surface area contributed by atoms with Crippen molar-refractivity contribution in [2.75, 3.05) is 26.4 Å². The minimum absolute atomic E-state index is 0.0352. The van der Waals surface area contributed by atoms with Crippen molar-refractivity contribution in [3.8, 4) is 0 Å². The van der Waals surface area contributed by atoms with E-state index in [4.69, 9.17) is 24.3 Å². The van der Waals surface area contributed by atoms with E-state index in [2.05, 4.69) is 80.7 Å². The summed E-state index contributed by atoms with van der Waals surface area (Å²) in [5.41, 5.74) is 5.33. The molecule has 1 unspecified atom stereocenters. The summed E-state index contributed by atoms with van der Waals surface area (Å²) in [4.78, 5) is 34.8. The quantitative estimate of drug-likeness (QED) is 0.0271. The van der Waals surface area contributed by atoms with E-state index < -0.39 is 32.5 Å². The van der Waals surface area contributed by atoms with Crippen LogP contribution in [0.4, 0.5) is 0 Å². The SMILES string of the molecule is CC/C=C/C/C=C/C/C=C/C/C=C/C/C=C/C/C=C/CCC(=O)OC[C@H](COP(=O)(O)OCCN)OC(=O)CC/C=C/CCCCCCCCCCCCC. The Morgan fingerprint density at radius 1 is 0.564 bits per heavy atom. The molecule has 0 amide bonds. The molecule has 314 valence electrons. The van der Waals surface area contributed by atoms with Crippen molar-refractivity contribution in [3.63, 3.8) is 0 Å². The highest BCUT2D eigenvalue weighted by molar-refractivity contribution is 7.47. The maximum Gasteiger partial charge on any atom is 0.472 e. The Balaban J connectivity index is 4.35. The molecule has 55 heavy (non-hydrogen) atoms. The van der Waals surface area contributed by atoms with Crippen LogP contribution in [-0.4, -0.2) is 49.3 Å².